The molecule has 0 aromatic heterocycles. The van der Waals surface area contributed by atoms with Gasteiger partial charge in [-0.05, 0) is 45.1 Å². The van der Waals surface area contributed by atoms with Gasteiger partial charge in [0.05, 0.1) is 4.47 Å². The van der Waals surface area contributed by atoms with Crippen LogP contribution in [0.25, 0.3) is 0 Å². The quantitative estimate of drug-likeness (QED) is 0.834. The van der Waals surface area contributed by atoms with Crippen molar-refractivity contribution in [2.75, 3.05) is 0 Å². The summed E-state index contributed by atoms with van der Waals surface area (Å²) in [5.41, 5.74) is 3.09. The van der Waals surface area contributed by atoms with E-state index in [0.717, 1.165) is 17.5 Å². The first-order valence-corrected chi connectivity index (χ1v) is 6.99. The molecular weight excluding hydrogens is 307 g/mol. The van der Waals surface area contributed by atoms with Crippen LogP contribution >= 0.6 is 15.9 Å². The van der Waals surface area contributed by atoms with Crippen LogP contribution in [0.3, 0.4) is 0 Å². The van der Waals surface area contributed by atoms with Crippen molar-refractivity contribution in [2.45, 2.75) is 18.8 Å². The zero-order valence-electron chi connectivity index (χ0n) is 10.2. The lowest BCUT2D eigenvalue weighted by Crippen LogP contribution is -2.26. The Hall–Kier alpha value is -1.48. The van der Waals surface area contributed by atoms with Crippen LogP contribution in [0.4, 0.5) is 4.39 Å². The zero-order chi connectivity index (χ0) is 13.4. The Morgan fingerprint density at radius 1 is 1.21 bits per heavy atom. The highest BCUT2D eigenvalue weighted by Gasteiger charge is 2.31. The standard InChI is InChI=1S/C16H12BrFO/c17-16-11(5-3-7-14(16)18)9-15(19)13-8-10-4-1-2-6-12(10)13/h1-7,13H,8-9H2. The van der Waals surface area contributed by atoms with Gasteiger partial charge in [0.15, 0.2) is 0 Å². The Morgan fingerprint density at radius 3 is 2.79 bits per heavy atom. The van der Waals surface area contributed by atoms with Gasteiger partial charge in [0.2, 0.25) is 0 Å². The Balaban J connectivity index is 1.79. The number of hydrogen-bond donors (Lipinski definition) is 0. The maximum Gasteiger partial charge on any atom is 0.145 e. The normalized spacial score (nSPS) is 16.6. The molecule has 1 atom stereocenters. The van der Waals surface area contributed by atoms with Gasteiger partial charge in [-0.15, -0.1) is 0 Å². The van der Waals surface area contributed by atoms with Crippen LogP contribution < -0.4 is 0 Å². The highest BCUT2D eigenvalue weighted by molar-refractivity contribution is 9.10. The summed E-state index contributed by atoms with van der Waals surface area (Å²) in [5, 5.41) is 0. The van der Waals surface area contributed by atoms with Crippen LogP contribution in [0.15, 0.2) is 46.9 Å². The highest BCUT2D eigenvalue weighted by Crippen LogP contribution is 2.36. The van der Waals surface area contributed by atoms with Crippen molar-refractivity contribution in [2.24, 2.45) is 0 Å². The molecule has 3 rings (SSSR count). The maximum absolute atomic E-state index is 13.4. The van der Waals surface area contributed by atoms with Crippen molar-refractivity contribution in [1.82, 2.24) is 0 Å². The molecule has 1 unspecified atom stereocenters. The highest BCUT2D eigenvalue weighted by atomic mass is 79.9. The predicted octanol–water partition coefficient (Wildman–Crippen LogP) is 4.04. The van der Waals surface area contributed by atoms with Gasteiger partial charge in [-0.2, -0.15) is 0 Å². The van der Waals surface area contributed by atoms with Gasteiger partial charge in [-0.25, -0.2) is 4.39 Å². The minimum absolute atomic E-state index is 0.0219. The average molecular weight is 319 g/mol. The van der Waals surface area contributed by atoms with Gasteiger partial charge >= 0.3 is 0 Å². The average Bonchev–Trinajstić information content (AvgIpc) is 2.36. The van der Waals surface area contributed by atoms with E-state index >= 15 is 0 Å². The second kappa shape index (κ2) is 4.89. The molecule has 19 heavy (non-hydrogen) atoms. The summed E-state index contributed by atoms with van der Waals surface area (Å²) in [5.74, 6) is -0.185. The third-order valence-corrected chi connectivity index (χ3v) is 4.53. The number of fused-ring (bicyclic) bond motifs is 1. The Morgan fingerprint density at radius 2 is 2.00 bits per heavy atom. The summed E-state index contributed by atoms with van der Waals surface area (Å²) in [6, 6.07) is 12.8. The van der Waals surface area contributed by atoms with Crippen molar-refractivity contribution in [3.8, 4) is 0 Å². The lowest BCUT2D eigenvalue weighted by molar-refractivity contribution is -0.120. The van der Waals surface area contributed by atoms with Gasteiger partial charge < -0.3 is 0 Å². The smallest absolute Gasteiger partial charge is 0.145 e. The Labute approximate surface area is 119 Å². The van der Waals surface area contributed by atoms with Gasteiger partial charge in [0.1, 0.15) is 11.6 Å². The SMILES string of the molecule is O=C(Cc1cccc(F)c1Br)C1Cc2ccccc21. The van der Waals surface area contributed by atoms with Crippen LogP contribution in [0, 0.1) is 5.82 Å². The molecule has 96 valence electrons. The van der Waals surface area contributed by atoms with Crippen molar-refractivity contribution >= 4 is 21.7 Å². The molecule has 0 fully saturated rings. The Kier molecular flexibility index (Phi) is 3.23. The van der Waals surface area contributed by atoms with Gasteiger partial charge in [-0.1, -0.05) is 36.4 Å². The molecule has 0 N–H and O–H groups in total. The largest absolute Gasteiger partial charge is 0.299 e. The molecule has 3 heteroatoms. The van der Waals surface area contributed by atoms with Crippen molar-refractivity contribution in [1.29, 1.82) is 0 Å². The monoisotopic (exact) mass is 318 g/mol. The van der Waals surface area contributed by atoms with Crippen molar-refractivity contribution in [3.63, 3.8) is 0 Å². The van der Waals surface area contributed by atoms with Crippen LogP contribution in [0.5, 0.6) is 0 Å². The molecule has 0 amide bonds. The van der Waals surface area contributed by atoms with Gasteiger partial charge in [0, 0.05) is 12.3 Å². The number of carbonyl (C=O) groups is 1. The molecule has 1 aliphatic rings. The van der Waals surface area contributed by atoms with E-state index in [2.05, 4.69) is 22.0 Å². The molecule has 0 saturated carbocycles. The van der Waals surface area contributed by atoms with E-state index in [1.807, 2.05) is 18.2 Å². The number of ketones is 1. The zero-order valence-corrected chi connectivity index (χ0v) is 11.8. The first-order valence-electron chi connectivity index (χ1n) is 6.20. The summed E-state index contributed by atoms with van der Waals surface area (Å²) in [4.78, 5) is 12.3. The van der Waals surface area contributed by atoms with Crippen LogP contribution in [-0.4, -0.2) is 5.78 Å². The van der Waals surface area contributed by atoms with E-state index in [9.17, 15) is 9.18 Å². The molecule has 0 bridgehead atoms. The summed E-state index contributed by atoms with van der Waals surface area (Å²) in [7, 11) is 0. The fourth-order valence-corrected chi connectivity index (χ4v) is 2.95. The van der Waals surface area contributed by atoms with Gasteiger partial charge in [0.25, 0.3) is 0 Å². The Bertz CT molecular complexity index is 651. The fourth-order valence-electron chi connectivity index (χ4n) is 2.54. The predicted molar refractivity (Wildman–Crippen MR) is 75.7 cm³/mol. The first-order chi connectivity index (χ1) is 9.16. The second-order valence-electron chi connectivity index (χ2n) is 4.81. The number of Topliss-reactive ketones (excluding diaryl/α,β-unsaturated/α-hetero) is 1. The minimum Gasteiger partial charge on any atom is -0.299 e. The molecule has 2 aromatic rings. The maximum atomic E-state index is 13.4. The lowest BCUT2D eigenvalue weighted by Gasteiger charge is -2.28. The summed E-state index contributed by atoms with van der Waals surface area (Å²) < 4.78 is 13.8. The third-order valence-electron chi connectivity index (χ3n) is 3.64. The van der Waals surface area contributed by atoms with Gasteiger partial charge in [-0.3, -0.25) is 4.79 Å². The second-order valence-corrected chi connectivity index (χ2v) is 5.60. The molecule has 1 nitrogen and oxygen atoms in total. The lowest BCUT2D eigenvalue weighted by atomic mass is 9.74. The van der Waals surface area contributed by atoms with Crippen LogP contribution in [-0.2, 0) is 17.6 Å². The fraction of sp³-hybridized carbons (Fsp3) is 0.188. The van der Waals surface area contributed by atoms with E-state index < -0.39 is 0 Å². The number of halogens is 2. The summed E-state index contributed by atoms with van der Waals surface area (Å²) >= 11 is 3.20. The molecular formula is C16H12BrFO. The minimum atomic E-state index is -0.320. The number of benzene rings is 2. The number of rotatable bonds is 3. The molecule has 1 aliphatic carbocycles. The molecule has 0 heterocycles. The van der Waals surface area contributed by atoms with E-state index in [1.54, 1.807) is 12.1 Å². The molecule has 0 aliphatic heterocycles. The van der Waals surface area contributed by atoms with Crippen LogP contribution in [0.2, 0.25) is 0 Å². The summed E-state index contributed by atoms with van der Waals surface area (Å²) in [6.45, 7) is 0. The third kappa shape index (κ3) is 2.23. The van der Waals surface area contributed by atoms with E-state index in [0.29, 0.717) is 4.47 Å². The van der Waals surface area contributed by atoms with E-state index in [4.69, 9.17) is 0 Å². The van der Waals surface area contributed by atoms with Crippen LogP contribution in [0.1, 0.15) is 22.6 Å². The van der Waals surface area contributed by atoms with Crippen molar-refractivity contribution in [3.05, 3.63) is 69.4 Å². The summed E-state index contributed by atoms with van der Waals surface area (Å²) in [6.07, 6.45) is 1.08. The molecule has 0 spiro atoms. The molecule has 0 radical (unpaired) electrons. The topological polar surface area (TPSA) is 17.1 Å². The van der Waals surface area contributed by atoms with Crippen molar-refractivity contribution < 1.29 is 9.18 Å². The number of hydrogen-bond acceptors (Lipinski definition) is 1. The van der Waals surface area contributed by atoms with E-state index in [1.165, 1.54) is 11.6 Å². The first kappa shape index (κ1) is 12.5. The molecule has 0 saturated heterocycles. The number of carbonyl (C=O) groups excluding carboxylic acids is 1. The molecule has 2 aromatic carbocycles. The van der Waals surface area contributed by atoms with E-state index in [-0.39, 0.29) is 23.9 Å².